The van der Waals surface area contributed by atoms with E-state index in [1.165, 1.54) is 0 Å². The molecular formula is C21H30N2O3. The molecule has 142 valence electrons. The standard InChI is InChI=1S/C21H30N2O3/c1-4-5-6-11-17-20(16-10-7-8-12-18(16)26-3)19(21(22)25)15(2)23(17)13-9-14-24/h7-8,10,12,24H,4-6,9,11,13-14H2,1-3H3,(H2,22,25). The Bertz CT molecular complexity index is 750. The highest BCUT2D eigenvalue weighted by Crippen LogP contribution is 2.38. The van der Waals surface area contributed by atoms with Gasteiger partial charge in [-0.25, -0.2) is 0 Å². The second-order valence-electron chi connectivity index (χ2n) is 6.53. The summed E-state index contributed by atoms with van der Waals surface area (Å²) in [5.74, 6) is 0.300. The smallest absolute Gasteiger partial charge is 0.251 e. The highest BCUT2D eigenvalue weighted by Gasteiger charge is 2.26. The zero-order valence-corrected chi connectivity index (χ0v) is 16.0. The Balaban J connectivity index is 2.70. The van der Waals surface area contributed by atoms with E-state index in [-0.39, 0.29) is 6.61 Å². The average Bonchev–Trinajstić information content (AvgIpc) is 2.92. The zero-order chi connectivity index (χ0) is 19.1. The van der Waals surface area contributed by atoms with Crippen LogP contribution in [0, 0.1) is 6.92 Å². The van der Waals surface area contributed by atoms with Crippen molar-refractivity contribution < 1.29 is 14.6 Å². The Labute approximate surface area is 155 Å². The van der Waals surface area contributed by atoms with Crippen LogP contribution >= 0.6 is 0 Å². The maximum absolute atomic E-state index is 12.3. The molecule has 0 aliphatic carbocycles. The first-order valence-corrected chi connectivity index (χ1v) is 9.32. The Hall–Kier alpha value is -2.27. The van der Waals surface area contributed by atoms with Crippen molar-refractivity contribution in [3.8, 4) is 16.9 Å². The third-order valence-corrected chi connectivity index (χ3v) is 4.81. The number of rotatable bonds is 10. The number of ether oxygens (including phenoxy) is 1. The molecule has 2 aromatic rings. The maximum atomic E-state index is 12.3. The van der Waals surface area contributed by atoms with Crippen molar-refractivity contribution in [3.05, 3.63) is 41.2 Å². The Morgan fingerprint density at radius 2 is 1.96 bits per heavy atom. The second-order valence-corrected chi connectivity index (χ2v) is 6.53. The fraction of sp³-hybridized carbons (Fsp3) is 0.476. The molecular weight excluding hydrogens is 328 g/mol. The number of carbonyl (C=O) groups is 1. The van der Waals surface area contributed by atoms with E-state index in [1.807, 2.05) is 31.2 Å². The molecule has 1 amide bonds. The van der Waals surface area contributed by atoms with Gasteiger partial charge in [0.1, 0.15) is 5.75 Å². The van der Waals surface area contributed by atoms with E-state index in [1.54, 1.807) is 7.11 Å². The first kappa shape index (κ1) is 20.0. The van der Waals surface area contributed by atoms with Crippen molar-refractivity contribution in [1.29, 1.82) is 0 Å². The molecule has 0 bridgehead atoms. The molecule has 3 N–H and O–H groups in total. The molecule has 1 aromatic heterocycles. The molecule has 26 heavy (non-hydrogen) atoms. The van der Waals surface area contributed by atoms with Crippen LogP contribution in [-0.2, 0) is 13.0 Å². The Morgan fingerprint density at radius 1 is 1.23 bits per heavy atom. The summed E-state index contributed by atoms with van der Waals surface area (Å²) in [7, 11) is 1.63. The number of nitrogens with two attached hydrogens (primary N) is 1. The van der Waals surface area contributed by atoms with Gasteiger partial charge >= 0.3 is 0 Å². The first-order valence-electron chi connectivity index (χ1n) is 9.32. The normalized spacial score (nSPS) is 10.9. The van der Waals surface area contributed by atoms with Gasteiger partial charge in [-0.1, -0.05) is 38.0 Å². The van der Waals surface area contributed by atoms with Crippen LogP contribution in [0.4, 0.5) is 0 Å². The van der Waals surface area contributed by atoms with Gasteiger partial charge in [0, 0.05) is 35.7 Å². The summed E-state index contributed by atoms with van der Waals surface area (Å²) in [4.78, 5) is 12.3. The number of hydrogen-bond donors (Lipinski definition) is 2. The molecule has 0 saturated carbocycles. The average molecular weight is 358 g/mol. The number of nitrogens with zero attached hydrogens (tertiary/aromatic N) is 1. The van der Waals surface area contributed by atoms with E-state index < -0.39 is 5.91 Å². The van der Waals surface area contributed by atoms with E-state index >= 15 is 0 Å². The molecule has 0 fully saturated rings. The molecule has 1 aromatic carbocycles. The molecule has 0 aliphatic rings. The number of hydrogen-bond acceptors (Lipinski definition) is 3. The predicted molar refractivity (Wildman–Crippen MR) is 105 cm³/mol. The van der Waals surface area contributed by atoms with E-state index in [0.717, 1.165) is 53.9 Å². The van der Waals surface area contributed by atoms with Crippen molar-refractivity contribution in [1.82, 2.24) is 4.57 Å². The SMILES string of the molecule is CCCCCc1c(-c2ccccc2OC)c(C(N)=O)c(C)n1CCCO. The third kappa shape index (κ3) is 4.10. The highest BCUT2D eigenvalue weighted by molar-refractivity contribution is 6.03. The van der Waals surface area contributed by atoms with Crippen LogP contribution in [0.3, 0.4) is 0 Å². The van der Waals surface area contributed by atoms with Crippen LogP contribution in [0.2, 0.25) is 0 Å². The molecule has 2 rings (SSSR count). The minimum absolute atomic E-state index is 0.113. The zero-order valence-electron chi connectivity index (χ0n) is 16.0. The lowest BCUT2D eigenvalue weighted by molar-refractivity contribution is 0.1000. The number of para-hydroxylation sites is 1. The van der Waals surface area contributed by atoms with Gasteiger partial charge in [0.15, 0.2) is 0 Å². The van der Waals surface area contributed by atoms with E-state index in [2.05, 4.69) is 11.5 Å². The molecule has 0 aliphatic heterocycles. The number of aromatic nitrogens is 1. The number of benzene rings is 1. The Morgan fingerprint density at radius 3 is 2.58 bits per heavy atom. The minimum atomic E-state index is -0.428. The van der Waals surface area contributed by atoms with Crippen LogP contribution in [0.5, 0.6) is 5.75 Å². The summed E-state index contributed by atoms with van der Waals surface area (Å²) < 4.78 is 7.69. The van der Waals surface area contributed by atoms with E-state index in [4.69, 9.17) is 10.5 Å². The van der Waals surface area contributed by atoms with Gasteiger partial charge in [0.2, 0.25) is 0 Å². The van der Waals surface area contributed by atoms with Gasteiger partial charge < -0.3 is 20.1 Å². The van der Waals surface area contributed by atoms with Crippen LogP contribution in [0.25, 0.3) is 11.1 Å². The second kappa shape index (κ2) is 9.43. The summed E-state index contributed by atoms with van der Waals surface area (Å²) >= 11 is 0. The van der Waals surface area contributed by atoms with Gasteiger partial charge in [-0.2, -0.15) is 0 Å². The molecule has 0 unspecified atom stereocenters. The lowest BCUT2D eigenvalue weighted by Gasteiger charge is -2.14. The van der Waals surface area contributed by atoms with Crippen molar-refractivity contribution >= 4 is 5.91 Å². The van der Waals surface area contributed by atoms with Crippen molar-refractivity contribution in [3.63, 3.8) is 0 Å². The summed E-state index contributed by atoms with van der Waals surface area (Å²) in [6.45, 7) is 4.88. The molecule has 0 atom stereocenters. The van der Waals surface area contributed by atoms with Gasteiger partial charge in [-0.3, -0.25) is 4.79 Å². The fourth-order valence-corrected chi connectivity index (χ4v) is 3.57. The van der Waals surface area contributed by atoms with Gasteiger partial charge in [-0.15, -0.1) is 0 Å². The van der Waals surface area contributed by atoms with E-state index in [9.17, 15) is 9.90 Å². The van der Waals surface area contributed by atoms with Crippen LogP contribution in [-0.4, -0.2) is 29.3 Å². The number of carbonyl (C=O) groups excluding carboxylic acids is 1. The van der Waals surface area contributed by atoms with Gasteiger partial charge in [0.05, 0.1) is 12.7 Å². The molecule has 0 radical (unpaired) electrons. The van der Waals surface area contributed by atoms with E-state index in [0.29, 0.717) is 18.5 Å². The molecule has 5 heteroatoms. The van der Waals surface area contributed by atoms with Gasteiger partial charge in [-0.05, 0) is 32.3 Å². The summed E-state index contributed by atoms with van der Waals surface area (Å²) in [6, 6.07) is 7.73. The number of amides is 1. The number of methoxy groups -OCH3 is 1. The van der Waals surface area contributed by atoms with Crippen LogP contribution in [0.15, 0.2) is 24.3 Å². The molecule has 0 spiro atoms. The topological polar surface area (TPSA) is 77.5 Å². The molecule has 1 heterocycles. The van der Waals surface area contributed by atoms with Crippen molar-refractivity contribution in [2.24, 2.45) is 5.73 Å². The fourth-order valence-electron chi connectivity index (χ4n) is 3.57. The Kier molecular flexibility index (Phi) is 7.27. The highest BCUT2D eigenvalue weighted by atomic mass is 16.5. The summed E-state index contributed by atoms with van der Waals surface area (Å²) in [5, 5.41) is 9.28. The minimum Gasteiger partial charge on any atom is -0.496 e. The third-order valence-electron chi connectivity index (χ3n) is 4.81. The molecule has 5 nitrogen and oxygen atoms in total. The lowest BCUT2D eigenvalue weighted by Crippen LogP contribution is -2.13. The summed E-state index contributed by atoms with van der Waals surface area (Å²) in [6.07, 6.45) is 4.80. The number of primary amides is 1. The predicted octanol–water partition coefficient (Wildman–Crippen LogP) is 3.69. The number of unbranched alkanes of at least 4 members (excludes halogenated alkanes) is 2. The van der Waals surface area contributed by atoms with Crippen molar-refractivity contribution in [2.75, 3.05) is 13.7 Å². The number of aliphatic hydroxyl groups is 1. The lowest BCUT2D eigenvalue weighted by atomic mass is 9.96. The molecule has 0 saturated heterocycles. The maximum Gasteiger partial charge on any atom is 0.251 e. The van der Waals surface area contributed by atoms with Crippen molar-refractivity contribution in [2.45, 2.75) is 52.5 Å². The quantitative estimate of drug-likeness (QED) is 0.636. The largest absolute Gasteiger partial charge is 0.496 e. The summed E-state index contributed by atoms with van der Waals surface area (Å²) in [5.41, 5.74) is 10.0. The number of aliphatic hydroxyl groups excluding tert-OH is 1. The van der Waals surface area contributed by atoms with Gasteiger partial charge in [0.25, 0.3) is 5.91 Å². The first-order chi connectivity index (χ1) is 12.6. The van der Waals surface area contributed by atoms with Crippen LogP contribution < -0.4 is 10.5 Å². The monoisotopic (exact) mass is 358 g/mol. The van der Waals surface area contributed by atoms with Crippen LogP contribution in [0.1, 0.15) is 54.4 Å².